The Morgan fingerprint density at radius 3 is 3.06 bits per heavy atom. The quantitative estimate of drug-likeness (QED) is 0.743. The molecule has 0 N–H and O–H groups in total. The molecule has 0 aliphatic carbocycles. The van der Waals surface area contributed by atoms with Gasteiger partial charge in [0.25, 0.3) is 5.91 Å². The number of morpholine rings is 1. The number of carbonyl (C=O) groups excluding carboxylic acids is 1. The lowest BCUT2D eigenvalue weighted by Crippen LogP contribution is -2.50. The molecule has 2 rings (SSSR count). The zero-order chi connectivity index (χ0) is 13.1. The van der Waals surface area contributed by atoms with E-state index >= 15 is 0 Å². The lowest BCUT2D eigenvalue weighted by Gasteiger charge is -2.36. The highest BCUT2D eigenvalue weighted by Crippen LogP contribution is 2.19. The van der Waals surface area contributed by atoms with Crippen LogP contribution in [0.25, 0.3) is 0 Å². The van der Waals surface area contributed by atoms with Crippen LogP contribution in [-0.2, 0) is 4.74 Å². The van der Waals surface area contributed by atoms with Crippen LogP contribution >= 0.6 is 31.9 Å². The van der Waals surface area contributed by atoms with Gasteiger partial charge >= 0.3 is 0 Å². The number of ether oxygens (including phenoxy) is 1. The molecule has 2 heterocycles. The summed E-state index contributed by atoms with van der Waals surface area (Å²) in [5, 5.41) is 0.727. The number of hydrogen-bond acceptors (Lipinski definition) is 3. The van der Waals surface area contributed by atoms with Gasteiger partial charge in [0, 0.05) is 29.1 Å². The van der Waals surface area contributed by atoms with Gasteiger partial charge < -0.3 is 9.64 Å². The highest BCUT2D eigenvalue weighted by atomic mass is 79.9. The summed E-state index contributed by atoms with van der Waals surface area (Å²) in [5.74, 6) is -0.0522. The summed E-state index contributed by atoms with van der Waals surface area (Å²) in [6, 6.07) is 3.62. The monoisotopic (exact) mass is 376 g/mol. The zero-order valence-electron chi connectivity index (χ0n) is 9.97. The second kappa shape index (κ2) is 6.12. The average molecular weight is 378 g/mol. The van der Waals surface area contributed by atoms with Gasteiger partial charge in [0.05, 0.1) is 12.2 Å². The molecule has 1 aromatic rings. The van der Waals surface area contributed by atoms with Crippen molar-refractivity contribution in [1.29, 1.82) is 0 Å². The molecule has 1 aromatic heterocycles. The summed E-state index contributed by atoms with van der Waals surface area (Å²) < 4.78 is 6.44. The molecule has 1 fully saturated rings. The minimum atomic E-state index is -0.0522. The maximum atomic E-state index is 12.4. The van der Waals surface area contributed by atoms with Gasteiger partial charge in [-0.1, -0.05) is 15.9 Å². The second-order valence-electron chi connectivity index (χ2n) is 4.27. The van der Waals surface area contributed by atoms with E-state index in [1.54, 1.807) is 17.2 Å². The normalized spacial score (nSPS) is 24.1. The first-order valence-corrected chi connectivity index (χ1v) is 7.64. The third-order valence-corrected chi connectivity index (χ3v) is 4.11. The molecular weight excluding hydrogens is 364 g/mol. The highest BCUT2D eigenvalue weighted by molar-refractivity contribution is 9.10. The number of pyridine rings is 1. The third-order valence-electron chi connectivity index (χ3n) is 2.75. The van der Waals surface area contributed by atoms with E-state index in [2.05, 4.69) is 36.8 Å². The molecule has 18 heavy (non-hydrogen) atoms. The van der Waals surface area contributed by atoms with Crippen molar-refractivity contribution in [1.82, 2.24) is 9.88 Å². The van der Waals surface area contributed by atoms with Crippen molar-refractivity contribution in [3.63, 3.8) is 0 Å². The number of amides is 1. The standard InChI is InChI=1S/C12H14Br2N2O2/c1-8-6-16(7-9(5-13)18-8)12(17)11-10(14)3-2-4-15-11/h2-4,8-9H,5-7H2,1H3. The summed E-state index contributed by atoms with van der Waals surface area (Å²) in [7, 11) is 0. The predicted octanol–water partition coefficient (Wildman–Crippen LogP) is 2.47. The Hall–Kier alpha value is -0.460. The first-order valence-electron chi connectivity index (χ1n) is 5.73. The second-order valence-corrected chi connectivity index (χ2v) is 5.77. The molecule has 1 aliphatic heterocycles. The lowest BCUT2D eigenvalue weighted by molar-refractivity contribution is -0.0561. The van der Waals surface area contributed by atoms with Crippen LogP contribution < -0.4 is 0 Å². The molecule has 0 aromatic carbocycles. The Kier molecular flexibility index (Phi) is 4.75. The van der Waals surface area contributed by atoms with Crippen LogP contribution in [0.4, 0.5) is 0 Å². The summed E-state index contributed by atoms with van der Waals surface area (Å²) in [6.45, 7) is 3.17. The largest absolute Gasteiger partial charge is 0.371 e. The Balaban J connectivity index is 2.16. The van der Waals surface area contributed by atoms with E-state index in [0.29, 0.717) is 18.8 Å². The Morgan fingerprint density at radius 2 is 2.39 bits per heavy atom. The molecular formula is C12H14Br2N2O2. The van der Waals surface area contributed by atoms with E-state index in [1.165, 1.54) is 0 Å². The van der Waals surface area contributed by atoms with Crippen LogP contribution in [-0.4, -0.2) is 46.4 Å². The predicted molar refractivity (Wildman–Crippen MR) is 76.0 cm³/mol. The minimum absolute atomic E-state index is 0.0418. The number of halogens is 2. The van der Waals surface area contributed by atoms with Crippen molar-refractivity contribution in [2.75, 3.05) is 18.4 Å². The maximum Gasteiger partial charge on any atom is 0.273 e. The first kappa shape index (κ1) is 14.0. The van der Waals surface area contributed by atoms with Gasteiger partial charge in [-0.05, 0) is 35.0 Å². The van der Waals surface area contributed by atoms with Crippen LogP contribution in [0, 0.1) is 0 Å². The molecule has 4 nitrogen and oxygen atoms in total. The lowest BCUT2D eigenvalue weighted by atomic mass is 10.2. The Bertz CT molecular complexity index is 442. The van der Waals surface area contributed by atoms with E-state index in [1.807, 2.05) is 13.0 Å². The fourth-order valence-electron chi connectivity index (χ4n) is 1.99. The van der Waals surface area contributed by atoms with Gasteiger partial charge in [-0.2, -0.15) is 0 Å². The highest BCUT2D eigenvalue weighted by Gasteiger charge is 2.29. The number of nitrogens with zero attached hydrogens (tertiary/aromatic N) is 2. The van der Waals surface area contributed by atoms with E-state index in [9.17, 15) is 4.79 Å². The molecule has 1 saturated heterocycles. The molecule has 2 unspecified atom stereocenters. The van der Waals surface area contributed by atoms with Crippen LogP contribution in [0.2, 0.25) is 0 Å². The molecule has 6 heteroatoms. The van der Waals surface area contributed by atoms with E-state index in [0.717, 1.165) is 9.80 Å². The van der Waals surface area contributed by atoms with E-state index in [4.69, 9.17) is 4.74 Å². The number of aromatic nitrogens is 1. The summed E-state index contributed by atoms with van der Waals surface area (Å²) in [4.78, 5) is 18.3. The number of alkyl halides is 1. The van der Waals surface area contributed by atoms with Crippen molar-refractivity contribution in [2.45, 2.75) is 19.1 Å². The van der Waals surface area contributed by atoms with Gasteiger partial charge in [0.15, 0.2) is 0 Å². The molecule has 1 aliphatic rings. The van der Waals surface area contributed by atoms with Gasteiger partial charge in [-0.25, -0.2) is 4.98 Å². The maximum absolute atomic E-state index is 12.4. The summed E-state index contributed by atoms with van der Waals surface area (Å²) >= 11 is 6.76. The number of carbonyl (C=O) groups is 1. The molecule has 1 amide bonds. The Labute approximate surface area is 123 Å². The molecule has 2 atom stereocenters. The summed E-state index contributed by atoms with van der Waals surface area (Å²) in [5.41, 5.74) is 0.458. The molecule has 0 radical (unpaired) electrons. The van der Waals surface area contributed by atoms with Gasteiger partial charge in [0.2, 0.25) is 0 Å². The van der Waals surface area contributed by atoms with Gasteiger partial charge in [-0.3, -0.25) is 4.79 Å². The SMILES string of the molecule is CC1CN(C(=O)c2ncccc2Br)CC(CBr)O1. The summed E-state index contributed by atoms with van der Waals surface area (Å²) in [6.07, 6.45) is 1.72. The fourth-order valence-corrected chi connectivity index (χ4v) is 2.77. The number of rotatable bonds is 2. The van der Waals surface area contributed by atoms with Gasteiger partial charge in [0.1, 0.15) is 5.69 Å². The third kappa shape index (κ3) is 3.10. The van der Waals surface area contributed by atoms with E-state index < -0.39 is 0 Å². The van der Waals surface area contributed by atoms with Crippen molar-refractivity contribution in [2.24, 2.45) is 0 Å². The minimum Gasteiger partial charge on any atom is -0.371 e. The van der Waals surface area contributed by atoms with E-state index in [-0.39, 0.29) is 18.1 Å². The van der Waals surface area contributed by atoms with Crippen molar-refractivity contribution < 1.29 is 9.53 Å². The first-order chi connectivity index (χ1) is 8.61. The molecule has 0 saturated carbocycles. The van der Waals surface area contributed by atoms with Crippen molar-refractivity contribution in [3.8, 4) is 0 Å². The Morgan fingerprint density at radius 1 is 1.61 bits per heavy atom. The molecule has 0 spiro atoms. The molecule has 98 valence electrons. The van der Waals surface area contributed by atoms with Crippen LogP contribution in [0.1, 0.15) is 17.4 Å². The van der Waals surface area contributed by atoms with Gasteiger partial charge in [-0.15, -0.1) is 0 Å². The smallest absolute Gasteiger partial charge is 0.273 e. The van der Waals surface area contributed by atoms with Crippen LogP contribution in [0.3, 0.4) is 0 Å². The number of hydrogen-bond donors (Lipinski definition) is 0. The fraction of sp³-hybridized carbons (Fsp3) is 0.500. The van der Waals surface area contributed by atoms with Crippen LogP contribution in [0.5, 0.6) is 0 Å². The topological polar surface area (TPSA) is 42.4 Å². The van der Waals surface area contributed by atoms with Crippen molar-refractivity contribution >= 4 is 37.8 Å². The zero-order valence-corrected chi connectivity index (χ0v) is 13.1. The van der Waals surface area contributed by atoms with Crippen molar-refractivity contribution in [3.05, 3.63) is 28.5 Å². The average Bonchev–Trinajstić information content (AvgIpc) is 2.37. The van der Waals surface area contributed by atoms with Crippen LogP contribution in [0.15, 0.2) is 22.8 Å². The molecule has 0 bridgehead atoms.